The van der Waals surface area contributed by atoms with Gasteiger partial charge in [0, 0.05) is 22.2 Å². The molecule has 0 atom stereocenters. The van der Waals surface area contributed by atoms with Crippen molar-refractivity contribution in [2.24, 2.45) is 0 Å². The highest BCUT2D eigenvalue weighted by molar-refractivity contribution is 9.09. The average molecular weight is 348 g/mol. The van der Waals surface area contributed by atoms with E-state index in [9.17, 15) is 18.0 Å². The normalized spacial score (nSPS) is 11.6. The van der Waals surface area contributed by atoms with Gasteiger partial charge in [-0.15, -0.1) is 0 Å². The Morgan fingerprint density at radius 1 is 1.41 bits per heavy atom. The monoisotopic (exact) mass is 346 g/mol. The first-order valence-electron chi connectivity index (χ1n) is 4.48. The number of benzene rings is 1. The number of carbonyl (C=O) groups excluding carboxylic acids is 1. The fourth-order valence-corrected chi connectivity index (χ4v) is 2.45. The summed E-state index contributed by atoms with van der Waals surface area (Å²) in [5.41, 5.74) is -4.29. The van der Waals surface area contributed by atoms with Gasteiger partial charge in [0.2, 0.25) is 0 Å². The van der Waals surface area contributed by atoms with Gasteiger partial charge < -0.3 is 0 Å². The van der Waals surface area contributed by atoms with Crippen molar-refractivity contribution in [3.05, 3.63) is 28.8 Å². The van der Waals surface area contributed by atoms with E-state index in [0.717, 1.165) is 0 Å². The number of thioether (sulfide) groups is 1. The van der Waals surface area contributed by atoms with Crippen LogP contribution in [0.5, 0.6) is 0 Å². The molecule has 0 unspecified atom stereocenters. The summed E-state index contributed by atoms with van der Waals surface area (Å²) in [5, 5.41) is 0.305. The molecule has 0 N–H and O–H groups in total. The molecular weight excluding hydrogens is 341 g/mol. The van der Waals surface area contributed by atoms with Crippen LogP contribution in [0, 0.1) is 0 Å². The van der Waals surface area contributed by atoms with Crippen molar-refractivity contribution in [3.8, 4) is 0 Å². The van der Waals surface area contributed by atoms with E-state index in [-0.39, 0.29) is 39.4 Å². The van der Waals surface area contributed by atoms with Crippen molar-refractivity contribution in [1.82, 2.24) is 0 Å². The summed E-state index contributed by atoms with van der Waals surface area (Å²) in [4.78, 5) is 11.4. The summed E-state index contributed by atoms with van der Waals surface area (Å²) in [6.45, 7) is 0. The number of halogens is 5. The summed E-state index contributed by atoms with van der Waals surface area (Å²) < 4.78 is 36.6. The first kappa shape index (κ1) is 14.9. The van der Waals surface area contributed by atoms with Crippen molar-refractivity contribution in [2.75, 3.05) is 5.33 Å². The summed E-state index contributed by atoms with van der Waals surface area (Å²) in [6.07, 6.45) is 0.194. The summed E-state index contributed by atoms with van der Waals surface area (Å²) in [7, 11) is 0. The fourth-order valence-electron chi connectivity index (χ4n) is 1.15. The highest BCUT2D eigenvalue weighted by Gasteiger charge is 2.31. The molecule has 1 aromatic rings. The molecule has 1 nitrogen and oxygen atoms in total. The van der Waals surface area contributed by atoms with E-state index < -0.39 is 5.51 Å². The molecule has 7 heteroatoms. The molecule has 0 spiro atoms. The summed E-state index contributed by atoms with van der Waals surface area (Å²) in [6, 6.07) is 4.06. The zero-order chi connectivity index (χ0) is 13.1. The maximum Gasteiger partial charge on any atom is 0.446 e. The first-order valence-corrected chi connectivity index (χ1v) is 6.80. The standard InChI is InChI=1S/C10H7BrClF3OS/c11-5-4-7(16)6-2-1-3-8(9(6)12)17-10(13,14)15/h1-3H,4-5H2. The molecule has 0 saturated carbocycles. The average Bonchev–Trinajstić information content (AvgIpc) is 2.19. The Morgan fingerprint density at radius 3 is 2.59 bits per heavy atom. The fraction of sp³-hybridized carbons (Fsp3) is 0.300. The molecule has 0 bridgehead atoms. The minimum absolute atomic E-state index is 0.125. The van der Waals surface area contributed by atoms with Gasteiger partial charge in [0.15, 0.2) is 5.78 Å². The molecule has 17 heavy (non-hydrogen) atoms. The predicted octanol–water partition coefficient (Wildman–Crippen LogP) is 4.92. The Balaban J connectivity index is 3.03. The number of ketones is 1. The van der Waals surface area contributed by atoms with Crippen LogP contribution < -0.4 is 0 Å². The second kappa shape index (κ2) is 6.11. The van der Waals surface area contributed by atoms with Crippen LogP contribution in [-0.2, 0) is 0 Å². The van der Waals surface area contributed by atoms with Crippen LogP contribution in [0.15, 0.2) is 23.1 Å². The van der Waals surface area contributed by atoms with Gasteiger partial charge >= 0.3 is 5.51 Å². The van der Waals surface area contributed by atoms with Gasteiger partial charge in [-0.25, -0.2) is 0 Å². The zero-order valence-corrected chi connectivity index (χ0v) is 11.5. The number of Topliss-reactive ketones (excluding diaryl/α,β-unsaturated/α-hetero) is 1. The smallest absolute Gasteiger partial charge is 0.294 e. The van der Waals surface area contributed by atoms with Crippen molar-refractivity contribution in [1.29, 1.82) is 0 Å². The van der Waals surface area contributed by atoms with Crippen LogP contribution in [0.2, 0.25) is 5.02 Å². The Hall–Kier alpha value is -0.200. The second-order valence-corrected chi connectivity index (χ2v) is 5.31. The number of alkyl halides is 4. The van der Waals surface area contributed by atoms with Gasteiger partial charge in [-0.1, -0.05) is 33.6 Å². The van der Waals surface area contributed by atoms with E-state index in [4.69, 9.17) is 11.6 Å². The largest absolute Gasteiger partial charge is 0.446 e. The number of carbonyl (C=O) groups is 1. The molecule has 0 saturated heterocycles. The molecule has 0 aromatic heterocycles. The Labute approximate surface area is 114 Å². The lowest BCUT2D eigenvalue weighted by atomic mass is 10.1. The Bertz CT molecular complexity index is 423. The maximum atomic E-state index is 12.2. The van der Waals surface area contributed by atoms with Gasteiger partial charge in [0.1, 0.15) is 0 Å². The number of hydrogen-bond acceptors (Lipinski definition) is 2. The molecule has 0 aliphatic carbocycles. The van der Waals surface area contributed by atoms with Crippen LogP contribution in [0.1, 0.15) is 16.8 Å². The molecule has 0 aliphatic heterocycles. The SMILES string of the molecule is O=C(CCBr)c1cccc(SC(F)(F)F)c1Cl. The molecule has 0 fully saturated rings. The lowest BCUT2D eigenvalue weighted by Crippen LogP contribution is -2.03. The molecule has 0 radical (unpaired) electrons. The molecule has 1 rings (SSSR count). The van der Waals surface area contributed by atoms with Crippen molar-refractivity contribution >= 4 is 45.1 Å². The van der Waals surface area contributed by atoms with Crippen molar-refractivity contribution < 1.29 is 18.0 Å². The topological polar surface area (TPSA) is 17.1 Å². The van der Waals surface area contributed by atoms with Crippen LogP contribution in [0.4, 0.5) is 13.2 Å². The van der Waals surface area contributed by atoms with E-state index in [1.165, 1.54) is 18.2 Å². The molecule has 94 valence electrons. The minimum Gasteiger partial charge on any atom is -0.294 e. The van der Waals surface area contributed by atoms with Crippen molar-refractivity contribution in [3.63, 3.8) is 0 Å². The molecule has 0 amide bonds. The summed E-state index contributed by atoms with van der Waals surface area (Å²) >= 11 is 8.56. The lowest BCUT2D eigenvalue weighted by Gasteiger charge is -2.09. The highest BCUT2D eigenvalue weighted by Crippen LogP contribution is 2.41. The number of rotatable bonds is 4. The predicted molar refractivity (Wildman–Crippen MR) is 66.1 cm³/mol. The van der Waals surface area contributed by atoms with Crippen LogP contribution in [0.3, 0.4) is 0 Å². The molecule has 0 heterocycles. The Morgan fingerprint density at radius 2 is 2.06 bits per heavy atom. The summed E-state index contributed by atoms with van der Waals surface area (Å²) in [5.74, 6) is -0.281. The third-order valence-electron chi connectivity index (χ3n) is 1.81. The van der Waals surface area contributed by atoms with Gasteiger partial charge in [-0.05, 0) is 23.9 Å². The van der Waals surface area contributed by atoms with E-state index in [1.54, 1.807) is 0 Å². The third-order valence-corrected chi connectivity index (χ3v) is 3.52. The van der Waals surface area contributed by atoms with Gasteiger partial charge in [-0.2, -0.15) is 13.2 Å². The third kappa shape index (κ3) is 4.52. The highest BCUT2D eigenvalue weighted by atomic mass is 79.9. The van der Waals surface area contributed by atoms with Crippen LogP contribution >= 0.6 is 39.3 Å². The first-order chi connectivity index (χ1) is 7.85. The van der Waals surface area contributed by atoms with Gasteiger partial charge in [0.05, 0.1) is 5.02 Å². The quantitative estimate of drug-likeness (QED) is 0.437. The van der Waals surface area contributed by atoms with Crippen molar-refractivity contribution in [2.45, 2.75) is 16.8 Å². The molecule has 1 aromatic carbocycles. The van der Waals surface area contributed by atoms with Gasteiger partial charge in [-0.3, -0.25) is 4.79 Å². The van der Waals surface area contributed by atoms with E-state index in [1.807, 2.05) is 0 Å². The van der Waals surface area contributed by atoms with E-state index in [0.29, 0.717) is 5.33 Å². The Kier molecular flexibility index (Phi) is 5.34. The van der Waals surface area contributed by atoms with Gasteiger partial charge in [0.25, 0.3) is 0 Å². The van der Waals surface area contributed by atoms with Crippen LogP contribution in [0.25, 0.3) is 0 Å². The minimum atomic E-state index is -4.42. The second-order valence-electron chi connectivity index (χ2n) is 3.03. The van der Waals surface area contributed by atoms with Crippen LogP contribution in [-0.4, -0.2) is 16.6 Å². The van der Waals surface area contributed by atoms with E-state index >= 15 is 0 Å². The number of hydrogen-bond donors (Lipinski definition) is 0. The maximum absolute atomic E-state index is 12.2. The molecule has 0 aliphatic rings. The zero-order valence-electron chi connectivity index (χ0n) is 8.35. The lowest BCUT2D eigenvalue weighted by molar-refractivity contribution is -0.0328. The van der Waals surface area contributed by atoms with E-state index in [2.05, 4.69) is 15.9 Å². The molecular formula is C10H7BrClF3OS.